The molecule has 2 aliphatic rings. The highest BCUT2D eigenvalue weighted by atomic mass is 16.7. The number of carbonyl (C=O) groups excluding carboxylic acids is 4. The van der Waals surface area contributed by atoms with Crippen LogP contribution in [0.3, 0.4) is 0 Å². The van der Waals surface area contributed by atoms with E-state index in [0.29, 0.717) is 0 Å². The standard InChI is InChI=1S/C17H20O10.C16H20O8.CO2.5CH4/c1-7-11(6-18)26-17(25-2)13(12(7)19)27-16(24)9-4-3-8(14(20)21)5-10(9)15(22)23;1-8-11(7-17)23-16(22-2)13(12(8)18)24-15(21)10-6-4-3-5-9(10)14(19)20;2-1-3;;;;;/h3-5,7,11-13,17-19H,6H2,1-2H3,(H,20,21)(H,22,23);3-6,8,11-13,16-18H,7H2,1-2H3,(H,19,20);;5*1H4. The fourth-order valence-corrected chi connectivity index (χ4v) is 5.41. The van der Waals surface area contributed by atoms with Gasteiger partial charge in [0.15, 0.2) is 24.8 Å². The molecule has 0 radical (unpaired) electrons. The molecule has 0 aliphatic carbocycles. The van der Waals surface area contributed by atoms with Crippen molar-refractivity contribution >= 4 is 36.0 Å². The van der Waals surface area contributed by atoms with Crippen LogP contribution in [0.15, 0.2) is 42.5 Å². The largest absolute Gasteiger partial charge is 0.478 e. The molecule has 2 aliphatic heterocycles. The third-order valence-corrected chi connectivity index (χ3v) is 8.48. The number of hydrogen-bond acceptors (Lipinski definition) is 17. The number of carboxylic acids is 3. The molecule has 0 amide bonds. The summed E-state index contributed by atoms with van der Waals surface area (Å²) in [6, 6.07) is 8.53. The lowest BCUT2D eigenvalue weighted by molar-refractivity contribution is -0.279. The molecule has 2 heterocycles. The van der Waals surface area contributed by atoms with Gasteiger partial charge >= 0.3 is 36.0 Å². The number of methoxy groups -OCH3 is 2. The first-order valence-corrected chi connectivity index (χ1v) is 15.8. The van der Waals surface area contributed by atoms with Crippen LogP contribution in [-0.2, 0) is 38.0 Å². The molecule has 59 heavy (non-hydrogen) atoms. The van der Waals surface area contributed by atoms with Crippen molar-refractivity contribution < 1.29 is 97.7 Å². The molecule has 2 aromatic rings. The maximum absolute atomic E-state index is 12.5. The van der Waals surface area contributed by atoms with Gasteiger partial charge in [-0.25, -0.2) is 24.0 Å². The molecule has 10 unspecified atom stereocenters. The number of hydrogen-bond donors (Lipinski definition) is 7. The van der Waals surface area contributed by atoms with Crippen molar-refractivity contribution in [3.63, 3.8) is 0 Å². The summed E-state index contributed by atoms with van der Waals surface area (Å²) in [7, 11) is 2.57. The Morgan fingerprint density at radius 1 is 0.610 bits per heavy atom. The third kappa shape index (κ3) is 15.2. The summed E-state index contributed by atoms with van der Waals surface area (Å²) in [6.45, 7) is 2.53. The van der Waals surface area contributed by atoms with Crippen LogP contribution in [-0.4, -0.2) is 148 Å². The van der Waals surface area contributed by atoms with Crippen LogP contribution in [0.5, 0.6) is 0 Å². The zero-order valence-corrected chi connectivity index (χ0v) is 29.2. The predicted octanol–water partition coefficient (Wildman–Crippen LogP) is 2.84. The number of esters is 2. The molecular formula is C39H60O20. The Balaban J connectivity index is -0.000000447. The first kappa shape index (κ1) is 60.5. The van der Waals surface area contributed by atoms with Crippen molar-refractivity contribution in [2.45, 2.75) is 100 Å². The lowest BCUT2D eigenvalue weighted by Crippen LogP contribution is -2.56. The number of ether oxygens (including phenoxy) is 6. The van der Waals surface area contributed by atoms with Crippen molar-refractivity contribution in [1.29, 1.82) is 0 Å². The summed E-state index contributed by atoms with van der Waals surface area (Å²) >= 11 is 0. The molecule has 7 N–H and O–H groups in total. The topological polar surface area (TPSA) is 316 Å². The maximum atomic E-state index is 12.5. The van der Waals surface area contributed by atoms with E-state index in [1.54, 1.807) is 13.8 Å². The van der Waals surface area contributed by atoms with E-state index in [0.717, 1.165) is 18.2 Å². The Kier molecular flexibility index (Phi) is 29.0. The average Bonchev–Trinajstić information content (AvgIpc) is 3.15. The summed E-state index contributed by atoms with van der Waals surface area (Å²) in [5.41, 5.74) is -1.58. The Bertz CT molecular complexity index is 1650. The van der Waals surface area contributed by atoms with Gasteiger partial charge in [0.1, 0.15) is 12.2 Å². The van der Waals surface area contributed by atoms with Crippen LogP contribution in [0.4, 0.5) is 0 Å². The van der Waals surface area contributed by atoms with E-state index in [2.05, 4.69) is 0 Å². The molecule has 20 nitrogen and oxygen atoms in total. The molecule has 0 saturated carbocycles. The average molecular weight is 849 g/mol. The smallest absolute Gasteiger partial charge is 0.373 e. The predicted molar refractivity (Wildman–Crippen MR) is 207 cm³/mol. The lowest BCUT2D eigenvalue weighted by atomic mass is 9.91. The minimum atomic E-state index is -1.51. The van der Waals surface area contributed by atoms with Crippen LogP contribution >= 0.6 is 0 Å². The summed E-state index contributed by atoms with van der Waals surface area (Å²) in [6.07, 6.45) is -8.20. The van der Waals surface area contributed by atoms with Gasteiger partial charge in [0.25, 0.3) is 0 Å². The minimum absolute atomic E-state index is 0. The number of aliphatic hydroxyl groups excluding tert-OH is 4. The van der Waals surface area contributed by atoms with Gasteiger partial charge in [-0.1, -0.05) is 63.1 Å². The van der Waals surface area contributed by atoms with E-state index >= 15 is 0 Å². The lowest BCUT2D eigenvalue weighted by Gasteiger charge is -2.41. The van der Waals surface area contributed by atoms with Gasteiger partial charge in [-0.3, -0.25) is 0 Å². The van der Waals surface area contributed by atoms with E-state index in [-0.39, 0.29) is 78.8 Å². The van der Waals surface area contributed by atoms with Gasteiger partial charge < -0.3 is 64.2 Å². The second-order valence-electron chi connectivity index (χ2n) is 11.7. The number of carbonyl (C=O) groups is 5. The third-order valence-electron chi connectivity index (χ3n) is 8.48. The van der Waals surface area contributed by atoms with E-state index in [1.807, 2.05) is 0 Å². The molecule has 0 aromatic heterocycles. The van der Waals surface area contributed by atoms with Crippen LogP contribution in [0, 0.1) is 11.8 Å². The minimum Gasteiger partial charge on any atom is -0.478 e. The van der Waals surface area contributed by atoms with E-state index in [4.69, 9.17) is 48.2 Å². The number of rotatable bonds is 11. The highest BCUT2D eigenvalue weighted by molar-refractivity contribution is 6.04. The maximum Gasteiger partial charge on any atom is 0.373 e. The first-order valence-electron chi connectivity index (χ1n) is 15.8. The van der Waals surface area contributed by atoms with Crippen LogP contribution in [0.1, 0.15) is 103 Å². The summed E-state index contributed by atoms with van der Waals surface area (Å²) in [5.74, 6) is -7.22. The van der Waals surface area contributed by atoms with Crippen LogP contribution in [0.25, 0.3) is 0 Å². The second kappa shape index (κ2) is 28.3. The molecule has 20 heteroatoms. The van der Waals surface area contributed by atoms with E-state index in [9.17, 15) is 49.5 Å². The van der Waals surface area contributed by atoms with Crippen LogP contribution < -0.4 is 0 Å². The normalized spacial score (nSPS) is 25.0. The molecule has 0 spiro atoms. The Hall–Kier alpha value is -5.15. The molecule has 2 fully saturated rings. The molecule has 336 valence electrons. The Labute approximate surface area is 343 Å². The van der Waals surface area contributed by atoms with Gasteiger partial charge in [-0.05, 0) is 30.3 Å². The van der Waals surface area contributed by atoms with E-state index < -0.39 is 96.4 Å². The molecular weight excluding hydrogens is 788 g/mol. The Morgan fingerprint density at radius 2 is 0.966 bits per heavy atom. The molecule has 2 aromatic carbocycles. The highest BCUT2D eigenvalue weighted by Crippen LogP contribution is 2.30. The first-order chi connectivity index (χ1) is 25.5. The van der Waals surface area contributed by atoms with Crippen molar-refractivity contribution in [2.24, 2.45) is 11.8 Å². The summed E-state index contributed by atoms with van der Waals surface area (Å²) < 4.78 is 31.5. The summed E-state index contributed by atoms with van der Waals surface area (Å²) in [4.78, 5) is 74.7. The highest BCUT2D eigenvalue weighted by Gasteiger charge is 2.47. The van der Waals surface area contributed by atoms with Gasteiger partial charge in [-0.2, -0.15) is 9.59 Å². The van der Waals surface area contributed by atoms with Crippen molar-refractivity contribution in [2.75, 3.05) is 27.4 Å². The SMILES string of the molecule is C.C.C.C.C.COC1OC(CO)C(C)C(O)C1OC(=O)c1ccc(C(=O)O)cc1C(=O)O.COC1OC(CO)C(C)C(O)C1OC(=O)c1ccccc1C(=O)O.O=C=O. The van der Waals surface area contributed by atoms with Crippen molar-refractivity contribution in [1.82, 2.24) is 0 Å². The Morgan fingerprint density at radius 3 is 1.29 bits per heavy atom. The molecule has 10 atom stereocenters. The van der Waals surface area contributed by atoms with Gasteiger partial charge in [-0.15, -0.1) is 0 Å². The fourth-order valence-electron chi connectivity index (χ4n) is 5.41. The second-order valence-corrected chi connectivity index (χ2v) is 11.7. The van der Waals surface area contributed by atoms with Crippen LogP contribution in [0.2, 0.25) is 0 Å². The number of aliphatic hydroxyl groups is 4. The molecule has 2 saturated heterocycles. The van der Waals surface area contributed by atoms with Gasteiger partial charge in [0, 0.05) is 26.1 Å². The van der Waals surface area contributed by atoms with Gasteiger partial charge in [0.05, 0.1) is 53.2 Å². The van der Waals surface area contributed by atoms with Crippen molar-refractivity contribution in [3.05, 3.63) is 70.3 Å². The molecule has 0 bridgehead atoms. The number of benzene rings is 2. The summed E-state index contributed by atoms with van der Waals surface area (Å²) in [5, 5.41) is 66.7. The zero-order valence-electron chi connectivity index (χ0n) is 29.2. The van der Waals surface area contributed by atoms with Crippen molar-refractivity contribution in [3.8, 4) is 0 Å². The quantitative estimate of drug-likeness (QED) is 0.160. The molecule has 4 rings (SSSR count). The monoisotopic (exact) mass is 848 g/mol. The van der Waals surface area contributed by atoms with Gasteiger partial charge in [0.2, 0.25) is 0 Å². The number of carboxylic acid groups (broad SMARTS) is 3. The van der Waals surface area contributed by atoms with E-state index in [1.165, 1.54) is 38.5 Å². The fraction of sp³-hybridized carbons (Fsp3) is 0.538. The number of aromatic carboxylic acids is 3. The zero-order chi connectivity index (χ0) is 40.9.